The normalized spacial score (nSPS) is 28.8. The van der Waals surface area contributed by atoms with Gasteiger partial charge in [-0.3, -0.25) is 0 Å². The van der Waals surface area contributed by atoms with Gasteiger partial charge in [0.25, 0.3) is 0 Å². The highest BCUT2D eigenvalue weighted by molar-refractivity contribution is 5.31. The molecule has 3 unspecified atom stereocenters. The fraction of sp³-hybridized carbons (Fsp3) is 0.455. The molecule has 36 heavy (non-hydrogen) atoms. The Labute approximate surface area is 218 Å². The van der Waals surface area contributed by atoms with Crippen molar-refractivity contribution in [3.63, 3.8) is 0 Å². The van der Waals surface area contributed by atoms with E-state index in [1.807, 2.05) is 0 Å². The van der Waals surface area contributed by atoms with Crippen molar-refractivity contribution < 1.29 is 14.2 Å². The molecule has 0 bridgehead atoms. The minimum absolute atomic E-state index is 0.258. The predicted molar refractivity (Wildman–Crippen MR) is 150 cm³/mol. The molecule has 0 amide bonds. The summed E-state index contributed by atoms with van der Waals surface area (Å²) in [5.74, 6) is 0. The van der Waals surface area contributed by atoms with E-state index in [4.69, 9.17) is 14.2 Å². The van der Waals surface area contributed by atoms with E-state index in [0.29, 0.717) is 12.2 Å². The van der Waals surface area contributed by atoms with Gasteiger partial charge < -0.3 is 14.2 Å². The van der Waals surface area contributed by atoms with Crippen LogP contribution < -0.4 is 0 Å². The topological polar surface area (TPSA) is 27.7 Å². The quantitative estimate of drug-likeness (QED) is 0.381. The third-order valence-corrected chi connectivity index (χ3v) is 7.31. The highest BCUT2D eigenvalue weighted by Crippen LogP contribution is 2.27. The van der Waals surface area contributed by atoms with E-state index >= 15 is 0 Å². The molecule has 1 fully saturated rings. The first-order chi connectivity index (χ1) is 17.6. The summed E-state index contributed by atoms with van der Waals surface area (Å²) in [6, 6.07) is 0. The van der Waals surface area contributed by atoms with E-state index in [1.54, 1.807) is 0 Å². The molecule has 6 aliphatic rings. The monoisotopic (exact) mass is 486 g/mol. The molecule has 192 valence electrons. The van der Waals surface area contributed by atoms with Crippen molar-refractivity contribution in [1.82, 2.24) is 0 Å². The fourth-order valence-corrected chi connectivity index (χ4v) is 5.02. The van der Waals surface area contributed by atoms with Crippen LogP contribution in [0.5, 0.6) is 0 Å². The zero-order chi connectivity index (χ0) is 25.2. The maximum atomic E-state index is 5.66. The third kappa shape index (κ3) is 8.03. The van der Waals surface area contributed by atoms with Crippen LogP contribution in [0.25, 0.3) is 0 Å². The van der Waals surface area contributed by atoms with Crippen LogP contribution in [0.4, 0.5) is 0 Å². The highest BCUT2D eigenvalue weighted by atomic mass is 16.5. The van der Waals surface area contributed by atoms with Crippen molar-refractivity contribution in [2.24, 2.45) is 0 Å². The summed E-state index contributed by atoms with van der Waals surface area (Å²) in [4.78, 5) is 0. The first-order valence-corrected chi connectivity index (χ1v) is 13.5. The van der Waals surface area contributed by atoms with E-state index < -0.39 is 0 Å². The molecule has 6 rings (SSSR count). The van der Waals surface area contributed by atoms with Crippen LogP contribution in [-0.4, -0.2) is 38.1 Å². The van der Waals surface area contributed by atoms with Gasteiger partial charge in [0, 0.05) is 0 Å². The van der Waals surface area contributed by atoms with Gasteiger partial charge in [0.1, 0.15) is 0 Å². The Bertz CT molecular complexity index is 999. The third-order valence-electron chi connectivity index (χ3n) is 7.31. The lowest BCUT2D eigenvalue weighted by molar-refractivity contribution is 0.0591. The van der Waals surface area contributed by atoms with E-state index in [1.165, 1.54) is 33.4 Å². The lowest BCUT2D eigenvalue weighted by Gasteiger charge is -2.25. The average molecular weight is 487 g/mol. The molecular weight excluding hydrogens is 444 g/mol. The van der Waals surface area contributed by atoms with Crippen molar-refractivity contribution in [2.75, 3.05) is 19.8 Å². The first kappa shape index (κ1) is 26.6. The van der Waals surface area contributed by atoms with Gasteiger partial charge >= 0.3 is 0 Å². The van der Waals surface area contributed by atoms with Gasteiger partial charge in [0.2, 0.25) is 0 Å². The van der Waals surface area contributed by atoms with Crippen LogP contribution in [0.2, 0.25) is 0 Å². The SMILES string of the molecule is C=C1CCOC(C2=CC=CC2)C1.CC1=CC(C2=CC=CC2)OCC1.CC1=CCOC(C2=CC=CC2)C1. The van der Waals surface area contributed by atoms with Gasteiger partial charge in [-0.15, -0.1) is 0 Å². The maximum Gasteiger partial charge on any atom is 0.0975 e. The first-order valence-electron chi connectivity index (χ1n) is 13.5. The van der Waals surface area contributed by atoms with Crippen molar-refractivity contribution in [1.29, 1.82) is 0 Å². The maximum absolute atomic E-state index is 5.66. The summed E-state index contributed by atoms with van der Waals surface area (Å²) >= 11 is 0. The highest BCUT2D eigenvalue weighted by Gasteiger charge is 2.21. The molecule has 0 aromatic rings. The fourth-order valence-electron chi connectivity index (χ4n) is 5.02. The summed E-state index contributed by atoms with van der Waals surface area (Å²) in [6.45, 7) is 10.9. The summed E-state index contributed by atoms with van der Waals surface area (Å²) in [5, 5.41) is 0. The number of rotatable bonds is 3. The van der Waals surface area contributed by atoms with Gasteiger partial charge in [-0.2, -0.15) is 0 Å². The van der Waals surface area contributed by atoms with Gasteiger partial charge in [0.05, 0.1) is 38.1 Å². The van der Waals surface area contributed by atoms with Crippen molar-refractivity contribution in [2.45, 2.75) is 77.1 Å². The van der Waals surface area contributed by atoms with Gasteiger partial charge in [-0.1, -0.05) is 90.1 Å². The number of ether oxygens (including phenoxy) is 3. The molecule has 3 atom stereocenters. The molecule has 0 saturated carbocycles. The van der Waals surface area contributed by atoms with E-state index in [0.717, 1.165) is 64.8 Å². The zero-order valence-electron chi connectivity index (χ0n) is 22.1. The Morgan fingerprint density at radius 1 is 0.694 bits per heavy atom. The molecule has 1 saturated heterocycles. The molecule has 0 spiro atoms. The summed E-state index contributed by atoms with van der Waals surface area (Å²) in [6.07, 6.45) is 32.2. The molecule has 3 nitrogen and oxygen atoms in total. The molecule has 0 aromatic carbocycles. The van der Waals surface area contributed by atoms with Crippen LogP contribution in [0.1, 0.15) is 58.8 Å². The Hall–Kier alpha value is -2.46. The standard InChI is InChI=1S/3C11H14O/c3*1-9-6-7-12-11(8-9)10-4-2-3-5-10/h2-4,8,11H,5-7H2,1H3;2-4,6,11H,5,7-8H2,1H3;2-4,11H,1,5-8H2. The second-order valence-electron chi connectivity index (χ2n) is 10.3. The molecule has 3 heterocycles. The molecule has 3 aliphatic heterocycles. The van der Waals surface area contributed by atoms with Gasteiger partial charge in [-0.25, -0.2) is 0 Å². The molecular formula is C33H42O3. The summed E-state index contributed by atoms with van der Waals surface area (Å²) < 4.78 is 17.0. The molecule has 3 heteroatoms. The van der Waals surface area contributed by atoms with Gasteiger partial charge in [-0.05, 0) is 75.5 Å². The van der Waals surface area contributed by atoms with Crippen LogP contribution >= 0.6 is 0 Å². The minimum Gasteiger partial charge on any atom is -0.373 e. The molecule has 0 radical (unpaired) electrons. The van der Waals surface area contributed by atoms with Crippen LogP contribution in [0, 0.1) is 0 Å². The van der Waals surface area contributed by atoms with Gasteiger partial charge in [0.15, 0.2) is 0 Å². The average Bonchev–Trinajstić information content (AvgIpc) is 3.69. The van der Waals surface area contributed by atoms with Crippen LogP contribution in [-0.2, 0) is 14.2 Å². The van der Waals surface area contributed by atoms with Crippen molar-refractivity contribution in [3.05, 3.63) is 107 Å². The van der Waals surface area contributed by atoms with Crippen molar-refractivity contribution in [3.8, 4) is 0 Å². The lowest BCUT2D eigenvalue weighted by Crippen LogP contribution is -2.21. The van der Waals surface area contributed by atoms with Crippen LogP contribution in [0.3, 0.4) is 0 Å². The molecule has 3 aliphatic carbocycles. The van der Waals surface area contributed by atoms with Crippen LogP contribution in [0.15, 0.2) is 107 Å². The van der Waals surface area contributed by atoms with E-state index in [2.05, 4.69) is 87.3 Å². The smallest absolute Gasteiger partial charge is 0.0975 e. The number of hydrogen-bond acceptors (Lipinski definition) is 3. The zero-order valence-corrected chi connectivity index (χ0v) is 22.1. The van der Waals surface area contributed by atoms with E-state index in [-0.39, 0.29) is 6.10 Å². The summed E-state index contributed by atoms with van der Waals surface area (Å²) in [7, 11) is 0. The Balaban J connectivity index is 0.000000127. The molecule has 0 N–H and O–H groups in total. The summed E-state index contributed by atoms with van der Waals surface area (Å²) in [5.41, 5.74) is 8.49. The predicted octanol–water partition coefficient (Wildman–Crippen LogP) is 7.82. The number of allylic oxidation sites excluding steroid dienone is 9. The van der Waals surface area contributed by atoms with E-state index in [9.17, 15) is 0 Å². The Kier molecular flexibility index (Phi) is 10.2. The Morgan fingerprint density at radius 3 is 1.86 bits per heavy atom. The number of hydrogen-bond donors (Lipinski definition) is 0. The Morgan fingerprint density at radius 2 is 1.31 bits per heavy atom. The second-order valence-corrected chi connectivity index (χ2v) is 10.3. The second kappa shape index (κ2) is 13.7. The van der Waals surface area contributed by atoms with Crippen molar-refractivity contribution >= 4 is 0 Å². The molecule has 0 aromatic heterocycles. The lowest BCUT2D eigenvalue weighted by atomic mass is 9.98. The minimum atomic E-state index is 0.258. The largest absolute Gasteiger partial charge is 0.373 e.